The molecule has 6 heteroatoms. The second-order valence-electron chi connectivity index (χ2n) is 3.81. The Labute approximate surface area is 105 Å². The van der Waals surface area contributed by atoms with Gasteiger partial charge in [0.1, 0.15) is 18.0 Å². The number of ether oxygens (including phenoxy) is 1. The maximum atomic E-state index is 5.14. The first kappa shape index (κ1) is 12.2. The number of hydrogen-bond donors (Lipinski definition) is 1. The van der Waals surface area contributed by atoms with Gasteiger partial charge >= 0.3 is 0 Å². The molecule has 0 saturated carbocycles. The van der Waals surface area contributed by atoms with Gasteiger partial charge in [0.05, 0.1) is 24.9 Å². The van der Waals surface area contributed by atoms with Gasteiger partial charge in [-0.25, -0.2) is 19.9 Å². The van der Waals surface area contributed by atoms with E-state index in [2.05, 4.69) is 25.3 Å². The van der Waals surface area contributed by atoms with Crippen LogP contribution in [0, 0.1) is 13.8 Å². The Balaban J connectivity index is 2.11. The summed E-state index contributed by atoms with van der Waals surface area (Å²) >= 11 is 0. The predicted molar refractivity (Wildman–Crippen MR) is 67.4 cm³/mol. The van der Waals surface area contributed by atoms with Crippen molar-refractivity contribution in [3.8, 4) is 5.88 Å². The van der Waals surface area contributed by atoms with E-state index in [1.165, 1.54) is 6.33 Å². The monoisotopic (exact) mass is 245 g/mol. The summed E-state index contributed by atoms with van der Waals surface area (Å²) in [7, 11) is 1.59. The SMILES string of the molecule is COc1ncnc(NCc2ccnc(C)n2)c1C. The number of hydrogen-bond acceptors (Lipinski definition) is 6. The summed E-state index contributed by atoms with van der Waals surface area (Å²) in [5, 5.41) is 3.21. The number of methoxy groups -OCH3 is 1. The third-order valence-electron chi connectivity index (χ3n) is 2.50. The van der Waals surface area contributed by atoms with E-state index < -0.39 is 0 Å². The smallest absolute Gasteiger partial charge is 0.221 e. The molecule has 0 fully saturated rings. The summed E-state index contributed by atoms with van der Waals surface area (Å²) in [6, 6.07) is 1.87. The molecule has 0 bridgehead atoms. The quantitative estimate of drug-likeness (QED) is 0.880. The van der Waals surface area contributed by atoms with Gasteiger partial charge in [-0.3, -0.25) is 0 Å². The van der Waals surface area contributed by atoms with Crippen molar-refractivity contribution < 1.29 is 4.74 Å². The molecular weight excluding hydrogens is 230 g/mol. The van der Waals surface area contributed by atoms with E-state index in [-0.39, 0.29) is 0 Å². The summed E-state index contributed by atoms with van der Waals surface area (Å²) in [5.74, 6) is 2.08. The maximum absolute atomic E-state index is 5.14. The van der Waals surface area contributed by atoms with Crippen molar-refractivity contribution in [1.82, 2.24) is 19.9 Å². The van der Waals surface area contributed by atoms with Crippen molar-refractivity contribution in [3.05, 3.63) is 35.7 Å². The molecule has 2 aromatic heterocycles. The van der Waals surface area contributed by atoms with Crippen LogP contribution in [0.1, 0.15) is 17.1 Å². The van der Waals surface area contributed by atoms with Gasteiger partial charge in [0.2, 0.25) is 5.88 Å². The Bertz CT molecular complexity index is 544. The van der Waals surface area contributed by atoms with Crippen LogP contribution in [0.2, 0.25) is 0 Å². The second kappa shape index (κ2) is 5.39. The topological polar surface area (TPSA) is 72.8 Å². The lowest BCUT2D eigenvalue weighted by molar-refractivity contribution is 0.393. The van der Waals surface area contributed by atoms with E-state index in [4.69, 9.17) is 4.74 Å². The number of aryl methyl sites for hydroxylation is 1. The maximum Gasteiger partial charge on any atom is 0.221 e. The van der Waals surface area contributed by atoms with Crippen LogP contribution >= 0.6 is 0 Å². The fourth-order valence-corrected chi connectivity index (χ4v) is 1.60. The lowest BCUT2D eigenvalue weighted by atomic mass is 10.3. The van der Waals surface area contributed by atoms with Crippen molar-refractivity contribution in [2.45, 2.75) is 20.4 Å². The fraction of sp³-hybridized carbons (Fsp3) is 0.333. The average molecular weight is 245 g/mol. The molecule has 0 unspecified atom stereocenters. The predicted octanol–water partition coefficient (Wildman–Crippen LogP) is 1.50. The van der Waals surface area contributed by atoms with Crippen molar-refractivity contribution in [3.63, 3.8) is 0 Å². The van der Waals surface area contributed by atoms with Crippen molar-refractivity contribution in [2.24, 2.45) is 0 Å². The van der Waals surface area contributed by atoms with Crippen LogP contribution in [0.25, 0.3) is 0 Å². The van der Waals surface area contributed by atoms with E-state index in [1.54, 1.807) is 13.3 Å². The third-order valence-corrected chi connectivity index (χ3v) is 2.50. The Kier molecular flexibility index (Phi) is 3.66. The molecule has 0 aliphatic rings. The van der Waals surface area contributed by atoms with E-state index in [9.17, 15) is 0 Å². The molecule has 2 rings (SSSR count). The van der Waals surface area contributed by atoms with Crippen LogP contribution < -0.4 is 10.1 Å². The van der Waals surface area contributed by atoms with Gasteiger partial charge in [-0.15, -0.1) is 0 Å². The van der Waals surface area contributed by atoms with Gasteiger partial charge in [-0.05, 0) is 19.9 Å². The molecule has 2 aromatic rings. The average Bonchev–Trinajstić information content (AvgIpc) is 2.38. The zero-order valence-electron chi connectivity index (χ0n) is 10.6. The molecular formula is C12H15N5O. The van der Waals surface area contributed by atoms with Crippen molar-refractivity contribution >= 4 is 5.82 Å². The molecule has 1 N–H and O–H groups in total. The molecule has 0 spiro atoms. The highest BCUT2D eigenvalue weighted by molar-refractivity contribution is 5.47. The lowest BCUT2D eigenvalue weighted by Crippen LogP contribution is -2.07. The highest BCUT2D eigenvalue weighted by Gasteiger charge is 2.06. The summed E-state index contributed by atoms with van der Waals surface area (Å²) in [6.07, 6.45) is 3.21. The van der Waals surface area contributed by atoms with Gasteiger partial charge in [-0.1, -0.05) is 0 Å². The zero-order chi connectivity index (χ0) is 13.0. The Hall–Kier alpha value is -2.24. The number of rotatable bonds is 4. The standard InChI is InChI=1S/C12H15N5O/c1-8-11(15-7-16-12(8)18-3)14-6-10-4-5-13-9(2)17-10/h4-5,7H,6H2,1-3H3,(H,14,15,16). The molecule has 0 radical (unpaired) electrons. The van der Waals surface area contributed by atoms with Crippen LogP contribution in [0.3, 0.4) is 0 Å². The summed E-state index contributed by atoms with van der Waals surface area (Å²) < 4.78 is 5.14. The number of nitrogens with zero attached hydrogens (tertiary/aromatic N) is 4. The molecule has 6 nitrogen and oxygen atoms in total. The van der Waals surface area contributed by atoms with Crippen LogP contribution in [-0.4, -0.2) is 27.0 Å². The molecule has 2 heterocycles. The molecule has 0 amide bonds. The molecule has 94 valence electrons. The number of nitrogens with one attached hydrogen (secondary N) is 1. The highest BCUT2D eigenvalue weighted by Crippen LogP contribution is 2.19. The largest absolute Gasteiger partial charge is 0.481 e. The normalized spacial score (nSPS) is 10.2. The summed E-state index contributed by atoms with van der Waals surface area (Å²) in [5.41, 5.74) is 1.80. The zero-order valence-corrected chi connectivity index (χ0v) is 10.6. The fourth-order valence-electron chi connectivity index (χ4n) is 1.60. The van der Waals surface area contributed by atoms with E-state index in [0.29, 0.717) is 12.4 Å². The molecule has 0 aliphatic carbocycles. The second-order valence-corrected chi connectivity index (χ2v) is 3.81. The Morgan fingerprint density at radius 3 is 2.78 bits per heavy atom. The van der Waals surface area contributed by atoms with E-state index in [0.717, 1.165) is 22.9 Å². The van der Waals surface area contributed by atoms with Gasteiger partial charge in [-0.2, -0.15) is 0 Å². The molecule has 18 heavy (non-hydrogen) atoms. The first-order chi connectivity index (χ1) is 8.70. The van der Waals surface area contributed by atoms with Gasteiger partial charge in [0.25, 0.3) is 0 Å². The third kappa shape index (κ3) is 2.71. The first-order valence-corrected chi connectivity index (χ1v) is 5.58. The number of aromatic nitrogens is 4. The summed E-state index contributed by atoms with van der Waals surface area (Å²) in [4.78, 5) is 16.6. The van der Waals surface area contributed by atoms with Gasteiger partial charge in [0.15, 0.2) is 0 Å². The molecule has 0 aliphatic heterocycles. The lowest BCUT2D eigenvalue weighted by Gasteiger charge is -2.10. The van der Waals surface area contributed by atoms with E-state index >= 15 is 0 Å². The van der Waals surface area contributed by atoms with E-state index in [1.807, 2.05) is 19.9 Å². The Morgan fingerprint density at radius 1 is 1.22 bits per heavy atom. The van der Waals surface area contributed by atoms with Crippen LogP contribution in [0.4, 0.5) is 5.82 Å². The summed E-state index contributed by atoms with van der Waals surface area (Å²) in [6.45, 7) is 4.36. The van der Waals surface area contributed by atoms with Crippen LogP contribution in [0.15, 0.2) is 18.6 Å². The molecule has 0 saturated heterocycles. The van der Waals surface area contributed by atoms with Gasteiger partial charge < -0.3 is 10.1 Å². The Morgan fingerprint density at radius 2 is 2.06 bits per heavy atom. The molecule has 0 atom stereocenters. The molecule has 0 aromatic carbocycles. The van der Waals surface area contributed by atoms with Crippen molar-refractivity contribution in [2.75, 3.05) is 12.4 Å². The van der Waals surface area contributed by atoms with Crippen LogP contribution in [-0.2, 0) is 6.54 Å². The van der Waals surface area contributed by atoms with Gasteiger partial charge in [0, 0.05) is 6.20 Å². The highest BCUT2D eigenvalue weighted by atomic mass is 16.5. The van der Waals surface area contributed by atoms with Crippen LogP contribution in [0.5, 0.6) is 5.88 Å². The minimum atomic E-state index is 0.575. The minimum Gasteiger partial charge on any atom is -0.481 e. The minimum absolute atomic E-state index is 0.575. The number of anilines is 1. The van der Waals surface area contributed by atoms with Crippen molar-refractivity contribution in [1.29, 1.82) is 0 Å². The first-order valence-electron chi connectivity index (χ1n) is 5.58.